The summed E-state index contributed by atoms with van der Waals surface area (Å²) < 4.78 is 3.67. The average molecular weight is 401 g/mol. The van der Waals surface area contributed by atoms with E-state index in [1.807, 2.05) is 59.3 Å². The number of ketones is 1. The Morgan fingerprint density at radius 3 is 2.63 bits per heavy atom. The Hall–Kier alpha value is -3.74. The summed E-state index contributed by atoms with van der Waals surface area (Å²) in [5.74, 6) is -0.240. The summed E-state index contributed by atoms with van der Waals surface area (Å²) in [6, 6.07) is 13.4. The van der Waals surface area contributed by atoms with Crippen molar-refractivity contribution >= 4 is 23.0 Å². The number of imidazole rings is 1. The lowest BCUT2D eigenvalue weighted by molar-refractivity contribution is -0.116. The molecule has 7 nitrogen and oxygen atoms in total. The van der Waals surface area contributed by atoms with E-state index in [1.54, 1.807) is 17.1 Å². The number of Topliss-reactive ketones (excluding diaryl/α,β-unsaturated/α-hetero) is 1. The van der Waals surface area contributed by atoms with Crippen LogP contribution in [0.5, 0.6) is 0 Å². The van der Waals surface area contributed by atoms with Crippen molar-refractivity contribution in [3.05, 3.63) is 84.1 Å². The van der Waals surface area contributed by atoms with Gasteiger partial charge in [-0.3, -0.25) is 14.3 Å². The second kappa shape index (κ2) is 8.73. The van der Waals surface area contributed by atoms with Crippen molar-refractivity contribution in [2.45, 2.75) is 32.7 Å². The van der Waals surface area contributed by atoms with Crippen molar-refractivity contribution < 1.29 is 9.59 Å². The summed E-state index contributed by atoms with van der Waals surface area (Å²) in [4.78, 5) is 29.0. The number of rotatable bonds is 8. The van der Waals surface area contributed by atoms with Crippen LogP contribution in [0, 0.1) is 0 Å². The van der Waals surface area contributed by atoms with E-state index < -0.39 is 0 Å². The van der Waals surface area contributed by atoms with Crippen LogP contribution in [0.15, 0.2) is 67.3 Å². The van der Waals surface area contributed by atoms with Crippen LogP contribution in [0.2, 0.25) is 0 Å². The highest BCUT2D eigenvalue weighted by atomic mass is 16.2. The molecule has 0 aliphatic heterocycles. The maximum Gasteiger partial charge on any atom is 0.224 e. The van der Waals surface area contributed by atoms with Crippen LogP contribution in [0.4, 0.5) is 5.69 Å². The summed E-state index contributed by atoms with van der Waals surface area (Å²) in [5, 5.41) is 7.08. The number of nitrogens with one attached hydrogen (secondary N) is 1. The molecule has 152 valence electrons. The Morgan fingerprint density at radius 1 is 1.03 bits per heavy atom. The third kappa shape index (κ3) is 4.63. The number of aromatic nitrogens is 4. The molecular formula is C23H23N5O2. The number of aryl methyl sites for hydroxylation is 1. The number of hydrogen-bond acceptors (Lipinski definition) is 4. The number of fused-ring (bicyclic) bond motifs is 1. The van der Waals surface area contributed by atoms with Gasteiger partial charge in [-0.25, -0.2) is 4.98 Å². The molecule has 1 aromatic carbocycles. The zero-order valence-corrected chi connectivity index (χ0v) is 16.8. The number of benzene rings is 1. The maximum atomic E-state index is 12.3. The zero-order valence-electron chi connectivity index (χ0n) is 16.8. The summed E-state index contributed by atoms with van der Waals surface area (Å²) in [6.45, 7) is 2.57. The maximum absolute atomic E-state index is 12.3. The van der Waals surface area contributed by atoms with E-state index in [4.69, 9.17) is 0 Å². The van der Waals surface area contributed by atoms with Crippen molar-refractivity contribution in [2.24, 2.45) is 0 Å². The van der Waals surface area contributed by atoms with E-state index in [9.17, 15) is 9.59 Å². The number of pyridine rings is 1. The summed E-state index contributed by atoms with van der Waals surface area (Å²) >= 11 is 0. The Balaban J connectivity index is 1.29. The molecule has 3 heterocycles. The number of carbonyl (C=O) groups is 2. The van der Waals surface area contributed by atoms with Gasteiger partial charge in [0.05, 0.1) is 24.1 Å². The van der Waals surface area contributed by atoms with Crippen LogP contribution < -0.4 is 5.32 Å². The molecule has 1 N–H and O–H groups in total. The van der Waals surface area contributed by atoms with Gasteiger partial charge in [0.15, 0.2) is 5.78 Å². The summed E-state index contributed by atoms with van der Waals surface area (Å²) in [5.41, 5.74) is 4.18. The average Bonchev–Trinajstić information content (AvgIpc) is 3.38. The largest absolute Gasteiger partial charge is 0.323 e. The molecule has 0 spiro atoms. The van der Waals surface area contributed by atoms with E-state index in [0.29, 0.717) is 17.8 Å². The van der Waals surface area contributed by atoms with Crippen molar-refractivity contribution in [1.29, 1.82) is 0 Å². The first-order chi connectivity index (χ1) is 14.6. The quantitative estimate of drug-likeness (QED) is 0.456. The molecule has 0 radical (unpaired) electrons. The van der Waals surface area contributed by atoms with E-state index in [-0.39, 0.29) is 24.5 Å². The first kappa shape index (κ1) is 19.6. The predicted octanol–water partition coefficient (Wildman–Crippen LogP) is 3.74. The summed E-state index contributed by atoms with van der Waals surface area (Å²) in [6.07, 6.45) is 8.49. The molecule has 0 fully saturated rings. The monoisotopic (exact) mass is 401 g/mol. The highest BCUT2D eigenvalue weighted by Gasteiger charge is 2.11. The van der Waals surface area contributed by atoms with Crippen LogP contribution >= 0.6 is 0 Å². The van der Waals surface area contributed by atoms with Gasteiger partial charge in [0.25, 0.3) is 0 Å². The molecule has 0 unspecified atom stereocenters. The molecule has 0 aliphatic rings. The lowest BCUT2D eigenvalue weighted by atomic mass is 10.0. The normalized spacial score (nSPS) is 11.0. The number of carbonyl (C=O) groups excluding carboxylic acids is 2. The molecule has 0 saturated heterocycles. The molecule has 0 saturated carbocycles. The highest BCUT2D eigenvalue weighted by molar-refractivity contribution is 5.99. The lowest BCUT2D eigenvalue weighted by Gasteiger charge is -2.04. The van der Waals surface area contributed by atoms with E-state index in [1.165, 1.54) is 5.56 Å². The van der Waals surface area contributed by atoms with Gasteiger partial charge >= 0.3 is 0 Å². The molecule has 30 heavy (non-hydrogen) atoms. The van der Waals surface area contributed by atoms with Gasteiger partial charge in [0, 0.05) is 37.0 Å². The highest BCUT2D eigenvalue weighted by Crippen LogP contribution is 2.12. The molecule has 4 aromatic rings. The van der Waals surface area contributed by atoms with Crippen molar-refractivity contribution in [3.63, 3.8) is 0 Å². The van der Waals surface area contributed by atoms with Crippen LogP contribution in [0.3, 0.4) is 0 Å². The second-order valence-corrected chi connectivity index (χ2v) is 7.15. The number of amides is 1. The third-order valence-corrected chi connectivity index (χ3v) is 4.92. The minimum Gasteiger partial charge on any atom is -0.323 e. The smallest absolute Gasteiger partial charge is 0.224 e. The minimum absolute atomic E-state index is 0.0321. The predicted molar refractivity (Wildman–Crippen MR) is 115 cm³/mol. The van der Waals surface area contributed by atoms with Crippen molar-refractivity contribution in [2.75, 3.05) is 5.32 Å². The van der Waals surface area contributed by atoms with Gasteiger partial charge in [0.2, 0.25) is 5.91 Å². The van der Waals surface area contributed by atoms with E-state index in [0.717, 1.165) is 17.8 Å². The summed E-state index contributed by atoms with van der Waals surface area (Å²) in [7, 11) is 0. The van der Waals surface area contributed by atoms with Gasteiger partial charge in [0.1, 0.15) is 5.65 Å². The van der Waals surface area contributed by atoms with Crippen LogP contribution in [-0.4, -0.2) is 30.9 Å². The SMILES string of the molecule is CCc1ccc(C(=O)CCC(=O)Nc2cnn(Cc3cn4ccccc4n3)c2)cc1. The third-order valence-electron chi connectivity index (χ3n) is 4.92. The fourth-order valence-corrected chi connectivity index (χ4v) is 3.27. The zero-order chi connectivity index (χ0) is 20.9. The first-order valence-electron chi connectivity index (χ1n) is 9.98. The number of anilines is 1. The standard InChI is InChI=1S/C23H23N5O2/c1-2-17-6-8-18(9-7-17)21(29)10-11-23(30)26-19-13-24-28(15-19)16-20-14-27-12-4-3-5-22(27)25-20/h3-9,12-15H,2,10-11,16H2,1H3,(H,26,30). The van der Waals surface area contributed by atoms with Gasteiger partial charge in [-0.15, -0.1) is 0 Å². The Labute approximate surface area is 174 Å². The van der Waals surface area contributed by atoms with E-state index in [2.05, 4.69) is 22.3 Å². The van der Waals surface area contributed by atoms with Crippen molar-refractivity contribution in [1.82, 2.24) is 19.2 Å². The molecular weight excluding hydrogens is 378 g/mol. The molecule has 0 aliphatic carbocycles. The van der Waals surface area contributed by atoms with Gasteiger partial charge < -0.3 is 9.72 Å². The second-order valence-electron chi connectivity index (χ2n) is 7.15. The Bertz CT molecular complexity index is 1140. The Morgan fingerprint density at radius 2 is 1.87 bits per heavy atom. The molecule has 0 bridgehead atoms. The molecule has 0 atom stereocenters. The lowest BCUT2D eigenvalue weighted by Crippen LogP contribution is -2.13. The van der Waals surface area contributed by atoms with Gasteiger partial charge in [-0.2, -0.15) is 5.10 Å². The molecule has 7 heteroatoms. The van der Waals surface area contributed by atoms with Crippen LogP contribution in [-0.2, 0) is 17.8 Å². The van der Waals surface area contributed by atoms with Crippen LogP contribution in [0.25, 0.3) is 5.65 Å². The molecule has 3 aromatic heterocycles. The number of hydrogen-bond donors (Lipinski definition) is 1. The van der Waals surface area contributed by atoms with Gasteiger partial charge in [-0.05, 0) is 24.1 Å². The minimum atomic E-state index is -0.208. The van der Waals surface area contributed by atoms with Crippen LogP contribution in [0.1, 0.15) is 41.4 Å². The Kier molecular flexibility index (Phi) is 5.70. The van der Waals surface area contributed by atoms with E-state index >= 15 is 0 Å². The van der Waals surface area contributed by atoms with Crippen molar-refractivity contribution in [3.8, 4) is 0 Å². The fraction of sp³-hybridized carbons (Fsp3) is 0.217. The topological polar surface area (TPSA) is 81.3 Å². The fourth-order valence-electron chi connectivity index (χ4n) is 3.27. The first-order valence-corrected chi connectivity index (χ1v) is 9.98. The molecule has 1 amide bonds. The number of nitrogens with zero attached hydrogens (tertiary/aromatic N) is 4. The molecule has 4 rings (SSSR count). The van der Waals surface area contributed by atoms with Gasteiger partial charge in [-0.1, -0.05) is 37.3 Å².